The van der Waals surface area contributed by atoms with Gasteiger partial charge < -0.3 is 14.5 Å². The number of imidazole rings is 1. The molecule has 8 heteroatoms. The van der Waals surface area contributed by atoms with Crippen molar-refractivity contribution in [3.63, 3.8) is 0 Å². The Hall–Kier alpha value is -3.42. The summed E-state index contributed by atoms with van der Waals surface area (Å²) < 4.78 is 6.77. The average Bonchev–Trinajstić information content (AvgIpc) is 3.02. The number of hydrogen-bond donors (Lipinski definition) is 1. The maximum absolute atomic E-state index is 12.2. The fourth-order valence-electron chi connectivity index (χ4n) is 2.32. The molecule has 1 N–H and O–H groups in total. The lowest BCUT2D eigenvalue weighted by molar-refractivity contribution is -0.385. The lowest BCUT2D eigenvalue weighted by Gasteiger charge is -2.05. The monoisotopic (exact) mass is 326 g/mol. The molecule has 0 aliphatic carbocycles. The number of aromatic nitrogens is 2. The maximum atomic E-state index is 12.2. The number of rotatable bonds is 5. The number of ether oxygens (including phenoxy) is 1. The van der Waals surface area contributed by atoms with E-state index in [1.165, 1.54) is 25.3 Å². The summed E-state index contributed by atoms with van der Waals surface area (Å²) in [6.45, 7) is 0.223. The van der Waals surface area contributed by atoms with E-state index in [0.717, 1.165) is 5.65 Å². The van der Waals surface area contributed by atoms with Gasteiger partial charge in [0.2, 0.25) is 0 Å². The van der Waals surface area contributed by atoms with Crippen molar-refractivity contribution in [2.45, 2.75) is 6.54 Å². The number of benzene rings is 1. The number of nitro groups is 1. The molecule has 0 unspecified atom stereocenters. The van der Waals surface area contributed by atoms with Gasteiger partial charge in [-0.3, -0.25) is 14.9 Å². The van der Waals surface area contributed by atoms with Crippen LogP contribution < -0.4 is 10.1 Å². The summed E-state index contributed by atoms with van der Waals surface area (Å²) in [6.07, 6.45) is 3.67. The van der Waals surface area contributed by atoms with Gasteiger partial charge in [0, 0.05) is 24.0 Å². The standard InChI is InChI=1S/C16H14N4O4/c1-24-14-6-5-11(8-13(14)20(22)23)16(21)17-9-12-10-19-7-3-2-4-15(19)18-12/h2-8,10H,9H2,1H3,(H,17,21). The van der Waals surface area contributed by atoms with E-state index >= 15 is 0 Å². The van der Waals surface area contributed by atoms with Crippen LogP contribution in [0.5, 0.6) is 5.75 Å². The number of carbonyl (C=O) groups excluding carboxylic acids is 1. The molecule has 8 nitrogen and oxygen atoms in total. The van der Waals surface area contributed by atoms with Crippen LogP contribution in [-0.2, 0) is 6.54 Å². The highest BCUT2D eigenvalue weighted by Crippen LogP contribution is 2.27. The minimum atomic E-state index is -0.586. The van der Waals surface area contributed by atoms with Crippen LogP contribution in [-0.4, -0.2) is 27.3 Å². The van der Waals surface area contributed by atoms with Crippen LogP contribution in [0, 0.1) is 10.1 Å². The first-order valence-corrected chi connectivity index (χ1v) is 7.11. The SMILES string of the molecule is COc1ccc(C(=O)NCc2cn3ccccc3n2)cc1[N+](=O)[O-]. The first-order valence-electron chi connectivity index (χ1n) is 7.11. The second kappa shape index (κ2) is 6.37. The van der Waals surface area contributed by atoms with E-state index in [-0.39, 0.29) is 23.5 Å². The van der Waals surface area contributed by atoms with E-state index in [4.69, 9.17) is 4.74 Å². The molecule has 0 radical (unpaired) electrons. The second-order valence-corrected chi connectivity index (χ2v) is 5.02. The van der Waals surface area contributed by atoms with Crippen LogP contribution in [0.1, 0.15) is 16.1 Å². The van der Waals surface area contributed by atoms with Crippen LogP contribution in [0.3, 0.4) is 0 Å². The highest BCUT2D eigenvalue weighted by molar-refractivity contribution is 5.95. The maximum Gasteiger partial charge on any atom is 0.311 e. The van der Waals surface area contributed by atoms with Crippen molar-refractivity contribution >= 4 is 17.2 Å². The van der Waals surface area contributed by atoms with Crippen molar-refractivity contribution in [1.29, 1.82) is 0 Å². The summed E-state index contributed by atoms with van der Waals surface area (Å²) in [6, 6.07) is 9.69. The molecule has 24 heavy (non-hydrogen) atoms. The Morgan fingerprint density at radius 3 is 2.92 bits per heavy atom. The van der Waals surface area contributed by atoms with Crippen molar-refractivity contribution < 1.29 is 14.5 Å². The first kappa shape index (κ1) is 15.5. The van der Waals surface area contributed by atoms with E-state index in [1.54, 1.807) is 0 Å². The van der Waals surface area contributed by atoms with E-state index in [9.17, 15) is 14.9 Å². The zero-order chi connectivity index (χ0) is 17.1. The molecular formula is C16H14N4O4. The Morgan fingerprint density at radius 2 is 2.21 bits per heavy atom. The number of nitrogens with one attached hydrogen (secondary N) is 1. The third-order valence-electron chi connectivity index (χ3n) is 3.48. The van der Waals surface area contributed by atoms with Gasteiger partial charge in [0.1, 0.15) is 5.65 Å². The molecular weight excluding hydrogens is 312 g/mol. The van der Waals surface area contributed by atoms with Crippen LogP contribution in [0.2, 0.25) is 0 Å². The van der Waals surface area contributed by atoms with Crippen LogP contribution in [0.15, 0.2) is 48.8 Å². The third-order valence-corrected chi connectivity index (χ3v) is 3.48. The van der Waals surface area contributed by atoms with E-state index < -0.39 is 10.8 Å². The van der Waals surface area contributed by atoms with Crippen LogP contribution in [0.4, 0.5) is 5.69 Å². The molecule has 122 valence electrons. The third kappa shape index (κ3) is 3.02. The van der Waals surface area contributed by atoms with Crippen molar-refractivity contribution in [2.24, 2.45) is 0 Å². The number of amides is 1. The molecule has 0 saturated heterocycles. The van der Waals surface area contributed by atoms with Gasteiger partial charge in [-0.2, -0.15) is 0 Å². The summed E-state index contributed by atoms with van der Waals surface area (Å²) in [5.41, 5.74) is 1.41. The summed E-state index contributed by atoms with van der Waals surface area (Å²) in [4.78, 5) is 27.0. The Labute approximate surface area is 136 Å². The molecule has 1 amide bonds. The van der Waals surface area contributed by atoms with Gasteiger partial charge in [0.05, 0.1) is 24.3 Å². The van der Waals surface area contributed by atoms with Gasteiger partial charge in [-0.05, 0) is 24.3 Å². The molecule has 3 aromatic rings. The fraction of sp³-hybridized carbons (Fsp3) is 0.125. The minimum Gasteiger partial charge on any atom is -0.490 e. The molecule has 0 bridgehead atoms. The molecule has 0 spiro atoms. The van der Waals surface area contributed by atoms with Gasteiger partial charge in [-0.25, -0.2) is 4.98 Å². The molecule has 2 aromatic heterocycles. The van der Waals surface area contributed by atoms with Gasteiger partial charge in [-0.15, -0.1) is 0 Å². The highest BCUT2D eigenvalue weighted by atomic mass is 16.6. The zero-order valence-corrected chi connectivity index (χ0v) is 12.8. The highest BCUT2D eigenvalue weighted by Gasteiger charge is 2.18. The number of carbonyl (C=O) groups is 1. The predicted octanol–water partition coefficient (Wildman–Crippen LogP) is 2.18. The van der Waals surface area contributed by atoms with Crippen LogP contribution >= 0.6 is 0 Å². The Bertz CT molecular complexity index is 886. The molecule has 0 atom stereocenters. The number of pyridine rings is 1. The molecule has 3 rings (SSSR count). The molecule has 0 aliphatic rings. The summed E-state index contributed by atoms with van der Waals surface area (Å²) in [7, 11) is 1.34. The molecule has 1 aromatic carbocycles. The fourth-order valence-corrected chi connectivity index (χ4v) is 2.32. The molecule has 0 aliphatic heterocycles. The molecule has 0 saturated carbocycles. The lowest BCUT2D eigenvalue weighted by atomic mass is 10.1. The van der Waals surface area contributed by atoms with Crippen LogP contribution in [0.25, 0.3) is 5.65 Å². The number of nitrogens with zero attached hydrogens (tertiary/aromatic N) is 3. The average molecular weight is 326 g/mol. The van der Waals surface area contributed by atoms with Gasteiger partial charge in [0.15, 0.2) is 5.75 Å². The normalized spacial score (nSPS) is 10.5. The number of nitro benzene ring substituents is 1. The lowest BCUT2D eigenvalue weighted by Crippen LogP contribution is -2.23. The smallest absolute Gasteiger partial charge is 0.311 e. The van der Waals surface area contributed by atoms with Crippen molar-refractivity contribution in [3.8, 4) is 5.75 Å². The summed E-state index contributed by atoms with van der Waals surface area (Å²) in [5.74, 6) is -0.310. The Balaban J connectivity index is 1.75. The quantitative estimate of drug-likeness (QED) is 0.572. The molecule has 0 fully saturated rings. The summed E-state index contributed by atoms with van der Waals surface area (Å²) in [5, 5.41) is 13.7. The predicted molar refractivity (Wildman–Crippen MR) is 86.0 cm³/mol. The first-order chi connectivity index (χ1) is 11.6. The topological polar surface area (TPSA) is 98.8 Å². The Morgan fingerprint density at radius 1 is 1.38 bits per heavy atom. The van der Waals surface area contributed by atoms with E-state index in [2.05, 4.69) is 10.3 Å². The van der Waals surface area contributed by atoms with Crippen molar-refractivity contribution in [1.82, 2.24) is 14.7 Å². The van der Waals surface area contributed by atoms with Crippen molar-refractivity contribution in [2.75, 3.05) is 7.11 Å². The number of fused-ring (bicyclic) bond motifs is 1. The van der Waals surface area contributed by atoms with Gasteiger partial charge in [-0.1, -0.05) is 6.07 Å². The van der Waals surface area contributed by atoms with E-state index in [0.29, 0.717) is 5.69 Å². The minimum absolute atomic E-state index is 0.108. The Kier molecular flexibility index (Phi) is 4.11. The number of hydrogen-bond acceptors (Lipinski definition) is 5. The van der Waals surface area contributed by atoms with Crippen molar-refractivity contribution in [3.05, 3.63) is 70.2 Å². The van der Waals surface area contributed by atoms with Gasteiger partial charge in [0.25, 0.3) is 5.91 Å². The van der Waals surface area contributed by atoms with E-state index in [1.807, 2.05) is 35.0 Å². The molecule has 2 heterocycles. The second-order valence-electron chi connectivity index (χ2n) is 5.02. The zero-order valence-electron chi connectivity index (χ0n) is 12.8. The summed E-state index contributed by atoms with van der Waals surface area (Å²) >= 11 is 0. The van der Waals surface area contributed by atoms with Gasteiger partial charge >= 0.3 is 5.69 Å². The number of methoxy groups -OCH3 is 1. The largest absolute Gasteiger partial charge is 0.490 e.